The highest BCUT2D eigenvalue weighted by Gasteiger charge is 1.92. The summed E-state index contributed by atoms with van der Waals surface area (Å²) in [5.74, 6) is -1.06. The van der Waals surface area contributed by atoms with Gasteiger partial charge in [-0.1, -0.05) is 0 Å². The van der Waals surface area contributed by atoms with Crippen molar-refractivity contribution in [1.82, 2.24) is 0 Å². The molecule has 0 aromatic rings. The zero-order valence-electron chi connectivity index (χ0n) is 3.01. The highest BCUT2D eigenvalue weighted by molar-refractivity contribution is 5.70. The number of nitrogens with zero attached hydrogens (tertiary/aromatic N) is 1. The SMILES string of the molecule is [C-]#[N+]CC(=O)O. The lowest BCUT2D eigenvalue weighted by molar-refractivity contribution is -0.134. The summed E-state index contributed by atoms with van der Waals surface area (Å²) in [6.45, 7) is 5.56. The molecule has 0 heterocycles. The standard InChI is InChI=1S/C3H3NO2/c1-4-2-3(5)6/h2H2,(H,5,6). The Hall–Kier alpha value is -1.04. The summed E-state index contributed by atoms with van der Waals surface area (Å²) in [4.78, 5) is 12.0. The van der Waals surface area contributed by atoms with Gasteiger partial charge in [0.15, 0.2) is 0 Å². The van der Waals surface area contributed by atoms with E-state index in [1.165, 1.54) is 0 Å². The predicted molar refractivity (Wildman–Crippen MR) is 19.1 cm³/mol. The fraction of sp³-hybridized carbons (Fsp3) is 0.333. The molecular weight excluding hydrogens is 82.0 g/mol. The molecule has 0 amide bonds. The average molecular weight is 85.1 g/mol. The molecule has 0 spiro atoms. The minimum atomic E-state index is -1.06. The molecule has 32 valence electrons. The van der Waals surface area contributed by atoms with Crippen molar-refractivity contribution in [2.24, 2.45) is 0 Å². The first kappa shape index (κ1) is 4.96. The number of hydrogen-bond donors (Lipinski definition) is 1. The summed E-state index contributed by atoms with van der Waals surface area (Å²) in [5.41, 5.74) is 0. The van der Waals surface area contributed by atoms with Crippen LogP contribution in [0.5, 0.6) is 0 Å². The van der Waals surface area contributed by atoms with E-state index in [1.54, 1.807) is 0 Å². The van der Waals surface area contributed by atoms with Crippen LogP contribution in [-0.2, 0) is 4.79 Å². The molecule has 3 nitrogen and oxygen atoms in total. The summed E-state index contributed by atoms with van der Waals surface area (Å²) >= 11 is 0. The Morgan fingerprint density at radius 1 is 2.00 bits per heavy atom. The van der Waals surface area contributed by atoms with Crippen LogP contribution in [0.1, 0.15) is 0 Å². The van der Waals surface area contributed by atoms with Gasteiger partial charge in [0.25, 0.3) is 0 Å². The molecule has 0 bridgehead atoms. The smallest absolute Gasteiger partial charge is 0.384 e. The van der Waals surface area contributed by atoms with Crippen molar-refractivity contribution < 1.29 is 9.90 Å². The van der Waals surface area contributed by atoms with E-state index in [2.05, 4.69) is 4.85 Å². The topological polar surface area (TPSA) is 41.7 Å². The minimum absolute atomic E-state index is 0.417. The molecule has 0 atom stereocenters. The van der Waals surface area contributed by atoms with Gasteiger partial charge >= 0.3 is 12.5 Å². The lowest BCUT2D eigenvalue weighted by Crippen LogP contribution is -1.95. The van der Waals surface area contributed by atoms with Crippen molar-refractivity contribution in [2.75, 3.05) is 6.54 Å². The molecule has 0 saturated carbocycles. The lowest BCUT2D eigenvalue weighted by atomic mass is 10.7. The molecule has 1 N–H and O–H groups in total. The molecule has 3 heteroatoms. The molecule has 0 radical (unpaired) electrons. The summed E-state index contributed by atoms with van der Waals surface area (Å²) in [6.07, 6.45) is 0. The van der Waals surface area contributed by atoms with Gasteiger partial charge in [-0.3, -0.25) is 0 Å². The second-order valence-electron chi connectivity index (χ2n) is 0.710. The first-order valence-electron chi connectivity index (χ1n) is 1.32. The van der Waals surface area contributed by atoms with Crippen LogP contribution in [0.25, 0.3) is 4.85 Å². The van der Waals surface area contributed by atoms with Crippen LogP contribution < -0.4 is 0 Å². The third kappa shape index (κ3) is 2.96. The number of rotatable bonds is 1. The Labute approximate surface area is 35.0 Å². The Morgan fingerprint density at radius 2 is 2.50 bits per heavy atom. The third-order valence-electron chi connectivity index (χ3n) is 0.214. The quantitative estimate of drug-likeness (QED) is 0.455. The third-order valence-corrected chi connectivity index (χ3v) is 0.214. The lowest BCUT2D eigenvalue weighted by Gasteiger charge is -1.68. The maximum atomic E-state index is 9.39. The van der Waals surface area contributed by atoms with E-state index in [-0.39, 0.29) is 0 Å². The molecule has 0 aromatic heterocycles. The van der Waals surface area contributed by atoms with Gasteiger partial charge in [0.2, 0.25) is 0 Å². The Morgan fingerprint density at radius 3 is 2.50 bits per heavy atom. The van der Waals surface area contributed by atoms with Crippen LogP contribution in [0.4, 0.5) is 0 Å². The van der Waals surface area contributed by atoms with E-state index >= 15 is 0 Å². The van der Waals surface area contributed by atoms with Gasteiger partial charge in [-0.05, 0) is 0 Å². The van der Waals surface area contributed by atoms with Crippen LogP contribution >= 0.6 is 0 Å². The maximum Gasteiger partial charge on any atom is 0.384 e. The highest BCUT2D eigenvalue weighted by atomic mass is 16.4. The molecule has 0 saturated heterocycles. The maximum absolute atomic E-state index is 9.39. The molecule has 0 aromatic carbocycles. The number of carboxylic acids is 1. The van der Waals surface area contributed by atoms with E-state index in [9.17, 15) is 4.79 Å². The Balaban J connectivity index is 3.13. The monoisotopic (exact) mass is 85.0 g/mol. The molecule has 0 rings (SSSR count). The summed E-state index contributed by atoms with van der Waals surface area (Å²) < 4.78 is 0. The van der Waals surface area contributed by atoms with Gasteiger partial charge in [-0.15, -0.1) is 0 Å². The van der Waals surface area contributed by atoms with E-state index in [0.29, 0.717) is 0 Å². The molecule has 0 unspecified atom stereocenters. The van der Waals surface area contributed by atoms with Gasteiger partial charge in [0.05, 0.1) is 0 Å². The number of carbonyl (C=O) groups is 1. The van der Waals surface area contributed by atoms with Gasteiger partial charge < -0.3 is 9.95 Å². The summed E-state index contributed by atoms with van der Waals surface area (Å²) in [5, 5.41) is 7.70. The minimum Gasteiger partial charge on any atom is -0.476 e. The zero-order chi connectivity index (χ0) is 4.99. The molecule has 0 aliphatic rings. The van der Waals surface area contributed by atoms with Crippen LogP contribution in [0, 0.1) is 6.57 Å². The van der Waals surface area contributed by atoms with Crippen molar-refractivity contribution in [2.45, 2.75) is 0 Å². The van der Waals surface area contributed by atoms with Gasteiger partial charge in [0.1, 0.15) is 0 Å². The summed E-state index contributed by atoms with van der Waals surface area (Å²) in [6, 6.07) is 0. The highest BCUT2D eigenvalue weighted by Crippen LogP contribution is 1.62. The predicted octanol–water partition coefficient (Wildman–Crippen LogP) is -0.00971. The van der Waals surface area contributed by atoms with Crippen molar-refractivity contribution in [1.29, 1.82) is 0 Å². The van der Waals surface area contributed by atoms with Gasteiger partial charge in [-0.2, -0.15) is 0 Å². The van der Waals surface area contributed by atoms with Crippen molar-refractivity contribution in [3.8, 4) is 0 Å². The zero-order valence-corrected chi connectivity index (χ0v) is 3.01. The largest absolute Gasteiger partial charge is 0.476 e. The van der Waals surface area contributed by atoms with E-state index in [0.717, 1.165) is 0 Å². The average Bonchev–Trinajstić information content (AvgIpc) is 1.35. The van der Waals surface area contributed by atoms with Crippen molar-refractivity contribution >= 4 is 5.97 Å². The number of aliphatic carboxylic acids is 1. The van der Waals surface area contributed by atoms with Crippen molar-refractivity contribution in [3.63, 3.8) is 0 Å². The number of hydrogen-bond acceptors (Lipinski definition) is 1. The molecule has 0 aliphatic carbocycles. The van der Waals surface area contributed by atoms with Crippen LogP contribution in [-0.4, -0.2) is 17.6 Å². The molecular formula is C3H3NO2. The molecule has 0 fully saturated rings. The van der Waals surface area contributed by atoms with Crippen LogP contribution in [0.15, 0.2) is 0 Å². The Kier molecular flexibility index (Phi) is 1.83. The Bertz CT molecular complexity index is 91.5. The van der Waals surface area contributed by atoms with E-state index in [4.69, 9.17) is 11.7 Å². The van der Waals surface area contributed by atoms with Crippen molar-refractivity contribution in [3.05, 3.63) is 11.4 Å². The first-order valence-corrected chi connectivity index (χ1v) is 1.32. The van der Waals surface area contributed by atoms with Gasteiger partial charge in [-0.25, -0.2) is 11.4 Å². The van der Waals surface area contributed by atoms with Gasteiger partial charge in [0, 0.05) is 0 Å². The second-order valence-corrected chi connectivity index (χ2v) is 0.710. The second kappa shape index (κ2) is 2.21. The van der Waals surface area contributed by atoms with E-state index < -0.39 is 12.5 Å². The normalized spacial score (nSPS) is 6.50. The van der Waals surface area contributed by atoms with E-state index in [1.807, 2.05) is 0 Å². The molecule has 6 heavy (non-hydrogen) atoms. The first-order chi connectivity index (χ1) is 2.77. The van der Waals surface area contributed by atoms with Crippen LogP contribution in [0.3, 0.4) is 0 Å². The number of carboxylic acid groups (broad SMARTS) is 1. The molecule has 0 aliphatic heterocycles. The van der Waals surface area contributed by atoms with Crippen LogP contribution in [0.2, 0.25) is 0 Å². The fourth-order valence-electron chi connectivity index (χ4n) is 0.0676. The summed E-state index contributed by atoms with van der Waals surface area (Å²) in [7, 11) is 0. The fourth-order valence-corrected chi connectivity index (χ4v) is 0.0676.